The number of hydrogen-bond donors (Lipinski definition) is 3. The van der Waals surface area contributed by atoms with Crippen LogP contribution < -0.4 is 21.1 Å². The van der Waals surface area contributed by atoms with E-state index in [0.717, 1.165) is 33.6 Å². The summed E-state index contributed by atoms with van der Waals surface area (Å²) in [7, 11) is 1.66. The normalized spacial score (nSPS) is 18.1. The fourth-order valence-corrected chi connectivity index (χ4v) is 7.46. The molecule has 0 bridgehead atoms. The lowest BCUT2D eigenvalue weighted by Gasteiger charge is -2.39. The van der Waals surface area contributed by atoms with Gasteiger partial charge in [0, 0.05) is 31.1 Å². The van der Waals surface area contributed by atoms with Crippen LogP contribution in [0.15, 0.2) is 53.0 Å². The smallest absolute Gasteiger partial charge is 0.243 e. The van der Waals surface area contributed by atoms with Crippen molar-refractivity contribution < 1.29 is 23.9 Å². The molecule has 12 nitrogen and oxygen atoms in total. The van der Waals surface area contributed by atoms with Gasteiger partial charge < -0.3 is 30.9 Å². The maximum Gasteiger partial charge on any atom is 0.243 e. The SMILES string of the molecule is COc1cc(C)c(CN=C(N)NCCC[C@H](NC(=O)[C@@H]2CC[C@H]3CN(C(=O)CCc4ccccc4)CC(=O)N32)C(=O)c2nccs2)c(C)c1C. The Kier molecular flexibility index (Phi) is 12.2. The molecule has 2 saturated heterocycles. The standard InChI is InChI=1S/C37H47N7O5S/c1-23-19-31(49-4)25(3)24(2)28(23)20-41-37(38)40-16-8-11-29(34(47)36-39-17-18-50-36)42-35(48)30-14-13-27-21-43(22-33(46)44(27)30)32(45)15-12-26-9-6-5-7-10-26/h5-7,9-10,17-19,27,29-30H,8,11-16,20-22H2,1-4H3,(H,42,48)(H3,38,40,41)/t27-,29-,30-/m0/s1. The summed E-state index contributed by atoms with van der Waals surface area (Å²) in [6, 6.07) is 10.0. The Bertz CT molecular complexity index is 1710. The first-order valence-corrected chi connectivity index (χ1v) is 18.0. The molecule has 2 aliphatic heterocycles. The van der Waals surface area contributed by atoms with Gasteiger partial charge in [0.2, 0.25) is 23.5 Å². The molecule has 50 heavy (non-hydrogen) atoms. The van der Waals surface area contributed by atoms with Gasteiger partial charge in [0.15, 0.2) is 11.0 Å². The summed E-state index contributed by atoms with van der Waals surface area (Å²) < 4.78 is 5.47. The van der Waals surface area contributed by atoms with Gasteiger partial charge in [0.05, 0.1) is 32.3 Å². The topological polar surface area (TPSA) is 159 Å². The molecule has 4 N–H and O–H groups in total. The number of carbonyl (C=O) groups excluding carboxylic acids is 4. The summed E-state index contributed by atoms with van der Waals surface area (Å²) in [4.78, 5) is 65.4. The molecule has 0 unspecified atom stereocenters. The monoisotopic (exact) mass is 701 g/mol. The molecular weight excluding hydrogens is 655 g/mol. The summed E-state index contributed by atoms with van der Waals surface area (Å²) in [6.45, 7) is 7.29. The van der Waals surface area contributed by atoms with Gasteiger partial charge in [-0.2, -0.15) is 0 Å². The van der Waals surface area contributed by atoms with Crippen LogP contribution in [0.25, 0.3) is 0 Å². The van der Waals surface area contributed by atoms with E-state index < -0.39 is 12.1 Å². The van der Waals surface area contributed by atoms with Crippen molar-refractivity contribution in [2.24, 2.45) is 10.7 Å². The van der Waals surface area contributed by atoms with Crippen LogP contribution in [0.5, 0.6) is 5.75 Å². The fraction of sp³-hybridized carbons (Fsp3) is 0.459. The molecular formula is C37H47N7O5S. The number of Topliss-reactive ketones (excluding diaryl/α,β-unsaturated/α-hetero) is 1. The average molecular weight is 702 g/mol. The molecule has 3 aromatic rings. The molecule has 1 aromatic heterocycles. The van der Waals surface area contributed by atoms with Gasteiger partial charge in [-0.05, 0) is 86.8 Å². The zero-order valence-electron chi connectivity index (χ0n) is 29.2. The molecule has 2 aromatic carbocycles. The molecule has 2 aliphatic rings. The summed E-state index contributed by atoms with van der Waals surface area (Å²) in [6.07, 6.45) is 4.42. The molecule has 13 heteroatoms. The van der Waals surface area contributed by atoms with Crippen LogP contribution in [-0.2, 0) is 27.3 Å². The second-order valence-corrected chi connectivity index (χ2v) is 13.9. The minimum absolute atomic E-state index is 0.0543. The number of carbonyl (C=O) groups is 4. The highest BCUT2D eigenvalue weighted by Crippen LogP contribution is 2.30. The minimum Gasteiger partial charge on any atom is -0.496 e. The number of aromatic nitrogens is 1. The van der Waals surface area contributed by atoms with Crippen molar-refractivity contribution in [2.75, 3.05) is 26.7 Å². The van der Waals surface area contributed by atoms with Gasteiger partial charge in [-0.1, -0.05) is 30.3 Å². The second-order valence-electron chi connectivity index (χ2n) is 13.0. The van der Waals surface area contributed by atoms with Crippen molar-refractivity contribution in [3.63, 3.8) is 0 Å². The van der Waals surface area contributed by atoms with Crippen LogP contribution in [0.4, 0.5) is 0 Å². The van der Waals surface area contributed by atoms with Crippen LogP contribution in [0, 0.1) is 20.8 Å². The first-order chi connectivity index (χ1) is 24.1. The Morgan fingerprint density at radius 1 is 1.14 bits per heavy atom. The zero-order valence-corrected chi connectivity index (χ0v) is 30.1. The van der Waals surface area contributed by atoms with Gasteiger partial charge in [0.25, 0.3) is 0 Å². The molecule has 0 saturated carbocycles. The Morgan fingerprint density at radius 3 is 2.64 bits per heavy atom. The van der Waals surface area contributed by atoms with Gasteiger partial charge in [0.1, 0.15) is 11.8 Å². The van der Waals surface area contributed by atoms with Gasteiger partial charge in [-0.3, -0.25) is 19.2 Å². The van der Waals surface area contributed by atoms with Gasteiger partial charge >= 0.3 is 0 Å². The highest BCUT2D eigenvalue weighted by Gasteiger charge is 2.46. The number of piperazine rings is 1. The van der Waals surface area contributed by atoms with Crippen molar-refractivity contribution >= 4 is 40.8 Å². The maximum absolute atomic E-state index is 13.7. The van der Waals surface area contributed by atoms with E-state index in [0.29, 0.717) is 63.2 Å². The number of rotatable bonds is 14. The third-order valence-corrected chi connectivity index (χ3v) is 10.5. The van der Waals surface area contributed by atoms with Crippen LogP contribution in [-0.4, -0.2) is 89.1 Å². The van der Waals surface area contributed by atoms with E-state index in [1.54, 1.807) is 28.5 Å². The van der Waals surface area contributed by atoms with Crippen molar-refractivity contribution in [2.45, 2.75) is 84.0 Å². The summed E-state index contributed by atoms with van der Waals surface area (Å²) in [5.74, 6) is 0.182. The number of guanidine groups is 1. The van der Waals surface area contributed by atoms with Crippen molar-refractivity contribution in [3.8, 4) is 5.75 Å². The van der Waals surface area contributed by atoms with Crippen molar-refractivity contribution in [3.05, 3.63) is 80.8 Å². The Labute approximate surface area is 297 Å². The van der Waals surface area contributed by atoms with E-state index in [9.17, 15) is 19.2 Å². The number of ether oxygens (including phenoxy) is 1. The van der Waals surface area contributed by atoms with Crippen LogP contribution in [0.3, 0.4) is 0 Å². The summed E-state index contributed by atoms with van der Waals surface area (Å²) >= 11 is 1.22. The zero-order chi connectivity index (χ0) is 35.8. The Balaban J connectivity index is 1.15. The predicted molar refractivity (Wildman–Crippen MR) is 193 cm³/mol. The largest absolute Gasteiger partial charge is 0.496 e. The Morgan fingerprint density at radius 2 is 1.92 bits per heavy atom. The number of hydrogen-bond acceptors (Lipinski definition) is 8. The van der Waals surface area contributed by atoms with Crippen LogP contribution in [0.1, 0.15) is 69.7 Å². The van der Waals surface area contributed by atoms with E-state index in [1.807, 2.05) is 57.2 Å². The van der Waals surface area contributed by atoms with Gasteiger partial charge in [-0.15, -0.1) is 11.3 Å². The van der Waals surface area contributed by atoms with Crippen molar-refractivity contribution in [1.82, 2.24) is 25.4 Å². The van der Waals surface area contributed by atoms with E-state index in [2.05, 4.69) is 20.6 Å². The molecule has 266 valence electrons. The predicted octanol–water partition coefficient (Wildman–Crippen LogP) is 3.46. The van der Waals surface area contributed by atoms with Crippen LogP contribution >= 0.6 is 11.3 Å². The van der Waals surface area contributed by atoms with Crippen molar-refractivity contribution in [1.29, 1.82) is 0 Å². The second kappa shape index (κ2) is 16.8. The first kappa shape index (κ1) is 36.5. The molecule has 0 aliphatic carbocycles. The van der Waals surface area contributed by atoms with E-state index >= 15 is 0 Å². The number of aryl methyl sites for hydroxylation is 2. The summed E-state index contributed by atoms with van der Waals surface area (Å²) in [5.41, 5.74) is 11.6. The Hall–Kier alpha value is -4.78. The number of amides is 3. The number of benzene rings is 2. The number of nitrogens with one attached hydrogen (secondary N) is 2. The number of thiazole rings is 1. The molecule has 2 fully saturated rings. The number of ketones is 1. The number of fused-ring (bicyclic) bond motifs is 1. The van der Waals surface area contributed by atoms with E-state index in [4.69, 9.17) is 10.5 Å². The molecule has 0 radical (unpaired) electrons. The lowest BCUT2D eigenvalue weighted by atomic mass is 9.97. The lowest BCUT2D eigenvalue weighted by molar-refractivity contribution is -0.151. The average Bonchev–Trinajstić information content (AvgIpc) is 3.81. The molecule has 3 atom stereocenters. The van der Waals surface area contributed by atoms with E-state index in [-0.39, 0.29) is 42.1 Å². The number of aliphatic imine (C=N–C) groups is 1. The lowest BCUT2D eigenvalue weighted by Crippen LogP contribution is -2.60. The number of nitrogens with two attached hydrogens (primary N) is 1. The maximum atomic E-state index is 13.7. The summed E-state index contributed by atoms with van der Waals surface area (Å²) in [5, 5.41) is 8.10. The quantitative estimate of drug-likeness (QED) is 0.0998. The van der Waals surface area contributed by atoms with Crippen LogP contribution in [0.2, 0.25) is 0 Å². The fourth-order valence-electron chi connectivity index (χ4n) is 6.83. The molecule has 0 spiro atoms. The minimum atomic E-state index is -0.823. The number of methoxy groups -OCH3 is 1. The molecule has 5 rings (SSSR count). The number of nitrogens with zero attached hydrogens (tertiary/aromatic N) is 4. The van der Waals surface area contributed by atoms with Gasteiger partial charge in [-0.25, -0.2) is 9.98 Å². The highest BCUT2D eigenvalue weighted by molar-refractivity contribution is 7.11. The molecule has 3 heterocycles. The third-order valence-electron chi connectivity index (χ3n) is 9.76. The first-order valence-electron chi connectivity index (χ1n) is 17.1. The van der Waals surface area contributed by atoms with E-state index in [1.165, 1.54) is 11.3 Å². The third kappa shape index (κ3) is 8.68. The highest BCUT2D eigenvalue weighted by atomic mass is 32.1. The molecule has 3 amide bonds.